The van der Waals surface area contributed by atoms with E-state index in [2.05, 4.69) is 5.32 Å². The Morgan fingerprint density at radius 3 is 2.43 bits per heavy atom. The van der Waals surface area contributed by atoms with Crippen LogP contribution in [-0.2, 0) is 14.3 Å². The molecule has 23 heavy (non-hydrogen) atoms. The van der Waals surface area contributed by atoms with Gasteiger partial charge in [0.1, 0.15) is 0 Å². The molecule has 0 bridgehead atoms. The predicted molar refractivity (Wildman–Crippen MR) is 92.3 cm³/mol. The maximum Gasteiger partial charge on any atom is 0.306 e. The molecule has 0 unspecified atom stereocenters. The van der Waals surface area contributed by atoms with Crippen LogP contribution in [0.1, 0.15) is 38.5 Å². The first-order chi connectivity index (χ1) is 11.0. The largest absolute Gasteiger partial charge is 0.456 e. The maximum absolute atomic E-state index is 11.8. The van der Waals surface area contributed by atoms with E-state index in [1.54, 1.807) is 0 Å². The molecule has 0 radical (unpaired) electrons. The third-order valence-electron chi connectivity index (χ3n) is 3.88. The van der Waals surface area contributed by atoms with Gasteiger partial charge in [-0.3, -0.25) is 9.59 Å². The summed E-state index contributed by atoms with van der Waals surface area (Å²) in [5, 5.41) is 3.38. The standard InChI is InChI=1S/C16H18Cl3NO3/c17-11-7-13(19)14(8-12(11)18)20-15(21)9-23-16(22)6-5-10-3-1-2-4-10/h7-8,10H,1-6,9H2,(H,20,21). The summed E-state index contributed by atoms with van der Waals surface area (Å²) in [7, 11) is 0. The number of carbonyl (C=O) groups excluding carboxylic acids is 2. The van der Waals surface area contributed by atoms with Crippen LogP contribution in [0.5, 0.6) is 0 Å². The fourth-order valence-electron chi connectivity index (χ4n) is 2.64. The van der Waals surface area contributed by atoms with Crippen molar-refractivity contribution in [3.05, 3.63) is 27.2 Å². The first-order valence-corrected chi connectivity index (χ1v) is 8.69. The zero-order chi connectivity index (χ0) is 16.8. The van der Waals surface area contributed by atoms with Crippen LogP contribution in [0.3, 0.4) is 0 Å². The van der Waals surface area contributed by atoms with E-state index in [9.17, 15) is 9.59 Å². The average molecular weight is 379 g/mol. The molecular formula is C16H18Cl3NO3. The third-order valence-corrected chi connectivity index (χ3v) is 4.91. The molecule has 2 rings (SSSR count). The molecule has 1 N–H and O–H groups in total. The first kappa shape index (κ1) is 18.4. The number of carbonyl (C=O) groups is 2. The van der Waals surface area contributed by atoms with E-state index >= 15 is 0 Å². The monoisotopic (exact) mass is 377 g/mol. The fourth-order valence-corrected chi connectivity index (χ4v) is 3.24. The predicted octanol–water partition coefficient (Wildman–Crippen LogP) is 5.10. The molecule has 1 aliphatic rings. The van der Waals surface area contributed by atoms with Crippen LogP contribution in [0, 0.1) is 5.92 Å². The lowest BCUT2D eigenvalue weighted by molar-refractivity contribution is -0.147. The molecule has 1 fully saturated rings. The van der Waals surface area contributed by atoms with Gasteiger partial charge in [0.2, 0.25) is 0 Å². The van der Waals surface area contributed by atoms with Gasteiger partial charge in [0.15, 0.2) is 6.61 Å². The highest BCUT2D eigenvalue weighted by Crippen LogP contribution is 2.32. The Hall–Kier alpha value is -0.970. The van der Waals surface area contributed by atoms with Crippen molar-refractivity contribution in [2.24, 2.45) is 5.92 Å². The Labute approximate surface area is 150 Å². The van der Waals surface area contributed by atoms with Crippen LogP contribution in [0.2, 0.25) is 15.1 Å². The summed E-state index contributed by atoms with van der Waals surface area (Å²) in [6.07, 6.45) is 6.04. The molecule has 1 aromatic carbocycles. The number of benzene rings is 1. The molecule has 126 valence electrons. The van der Waals surface area contributed by atoms with Crippen molar-refractivity contribution in [1.82, 2.24) is 0 Å². The normalized spacial score (nSPS) is 14.7. The topological polar surface area (TPSA) is 55.4 Å². The highest BCUT2D eigenvalue weighted by molar-refractivity contribution is 6.44. The molecule has 1 saturated carbocycles. The van der Waals surface area contributed by atoms with Gasteiger partial charge in [0.05, 0.1) is 20.8 Å². The van der Waals surface area contributed by atoms with E-state index in [1.165, 1.54) is 37.8 Å². The Morgan fingerprint density at radius 1 is 1.09 bits per heavy atom. The van der Waals surface area contributed by atoms with Crippen LogP contribution in [0.15, 0.2) is 12.1 Å². The van der Waals surface area contributed by atoms with E-state index in [4.69, 9.17) is 39.5 Å². The minimum Gasteiger partial charge on any atom is -0.456 e. The number of halogens is 3. The Kier molecular flexibility index (Phi) is 7.00. The minimum absolute atomic E-state index is 0.264. The number of hydrogen-bond acceptors (Lipinski definition) is 3. The Bertz CT molecular complexity index is 586. The molecule has 7 heteroatoms. The molecule has 1 aliphatic carbocycles. The lowest BCUT2D eigenvalue weighted by Gasteiger charge is -2.10. The highest BCUT2D eigenvalue weighted by atomic mass is 35.5. The van der Waals surface area contributed by atoms with Crippen molar-refractivity contribution in [1.29, 1.82) is 0 Å². The van der Waals surface area contributed by atoms with E-state index in [0.29, 0.717) is 23.0 Å². The van der Waals surface area contributed by atoms with Gasteiger partial charge in [0, 0.05) is 6.42 Å². The van der Waals surface area contributed by atoms with Crippen molar-refractivity contribution < 1.29 is 14.3 Å². The van der Waals surface area contributed by atoms with Crippen LogP contribution >= 0.6 is 34.8 Å². The van der Waals surface area contributed by atoms with Crippen molar-refractivity contribution in [3.63, 3.8) is 0 Å². The van der Waals surface area contributed by atoms with Gasteiger partial charge in [0.25, 0.3) is 5.91 Å². The SMILES string of the molecule is O=C(COC(=O)CCC1CCCC1)Nc1cc(Cl)c(Cl)cc1Cl. The fraction of sp³-hybridized carbons (Fsp3) is 0.500. The molecule has 0 heterocycles. The molecule has 4 nitrogen and oxygen atoms in total. The molecule has 0 spiro atoms. The van der Waals surface area contributed by atoms with E-state index < -0.39 is 5.91 Å². The zero-order valence-corrected chi connectivity index (χ0v) is 14.8. The van der Waals surface area contributed by atoms with Gasteiger partial charge in [-0.1, -0.05) is 60.5 Å². The number of esters is 1. The lowest BCUT2D eigenvalue weighted by atomic mass is 10.0. The molecule has 0 saturated heterocycles. The molecule has 1 aromatic rings. The number of ether oxygens (including phenoxy) is 1. The third kappa shape index (κ3) is 5.87. The van der Waals surface area contributed by atoms with E-state index in [-0.39, 0.29) is 22.6 Å². The summed E-state index contributed by atoms with van der Waals surface area (Å²) in [5.41, 5.74) is 0.327. The van der Waals surface area contributed by atoms with Crippen molar-refractivity contribution >= 4 is 52.4 Å². The van der Waals surface area contributed by atoms with Crippen LogP contribution in [0.4, 0.5) is 5.69 Å². The van der Waals surface area contributed by atoms with Crippen LogP contribution < -0.4 is 5.32 Å². The van der Waals surface area contributed by atoms with Gasteiger partial charge in [-0.05, 0) is 24.5 Å². The number of nitrogens with one attached hydrogen (secondary N) is 1. The minimum atomic E-state index is -0.473. The van der Waals surface area contributed by atoms with Gasteiger partial charge in [-0.15, -0.1) is 0 Å². The second kappa shape index (κ2) is 8.76. The number of amides is 1. The number of anilines is 1. The van der Waals surface area contributed by atoms with E-state index in [0.717, 1.165) is 6.42 Å². The van der Waals surface area contributed by atoms with Gasteiger partial charge in [-0.25, -0.2) is 0 Å². The summed E-state index contributed by atoms with van der Waals surface area (Å²) in [4.78, 5) is 23.5. The quantitative estimate of drug-likeness (QED) is 0.553. The van der Waals surface area contributed by atoms with Crippen molar-refractivity contribution in [2.45, 2.75) is 38.5 Å². The van der Waals surface area contributed by atoms with Gasteiger partial charge < -0.3 is 10.1 Å². The number of rotatable bonds is 6. The van der Waals surface area contributed by atoms with Crippen LogP contribution in [-0.4, -0.2) is 18.5 Å². The summed E-state index contributed by atoms with van der Waals surface area (Å²) in [5.74, 6) is -0.210. The molecule has 0 aliphatic heterocycles. The average Bonchev–Trinajstić information content (AvgIpc) is 3.02. The van der Waals surface area contributed by atoms with Gasteiger partial charge >= 0.3 is 5.97 Å². The second-order valence-corrected chi connectivity index (χ2v) is 6.87. The highest BCUT2D eigenvalue weighted by Gasteiger charge is 2.17. The lowest BCUT2D eigenvalue weighted by Crippen LogP contribution is -2.21. The summed E-state index contributed by atoms with van der Waals surface area (Å²) >= 11 is 17.7. The Balaban J connectivity index is 1.74. The van der Waals surface area contributed by atoms with Crippen LogP contribution in [0.25, 0.3) is 0 Å². The number of hydrogen-bond donors (Lipinski definition) is 1. The molecular weight excluding hydrogens is 361 g/mol. The first-order valence-electron chi connectivity index (χ1n) is 7.55. The molecule has 1 amide bonds. The van der Waals surface area contributed by atoms with Gasteiger partial charge in [-0.2, -0.15) is 0 Å². The van der Waals surface area contributed by atoms with Crippen molar-refractivity contribution in [2.75, 3.05) is 11.9 Å². The summed E-state index contributed by atoms with van der Waals surface area (Å²) < 4.78 is 4.98. The maximum atomic E-state index is 11.8. The Morgan fingerprint density at radius 2 is 1.74 bits per heavy atom. The smallest absolute Gasteiger partial charge is 0.306 e. The second-order valence-electron chi connectivity index (χ2n) is 5.64. The summed E-state index contributed by atoms with van der Waals surface area (Å²) in [6.45, 7) is -0.347. The molecule has 0 aromatic heterocycles. The van der Waals surface area contributed by atoms with E-state index in [1.807, 2.05) is 0 Å². The zero-order valence-electron chi connectivity index (χ0n) is 12.5. The summed E-state index contributed by atoms with van der Waals surface area (Å²) in [6, 6.07) is 2.89. The van der Waals surface area contributed by atoms with Crippen molar-refractivity contribution in [3.8, 4) is 0 Å². The molecule has 0 atom stereocenters.